The van der Waals surface area contributed by atoms with Crippen molar-refractivity contribution in [3.05, 3.63) is 42.0 Å². The van der Waals surface area contributed by atoms with E-state index in [1.807, 2.05) is 28.8 Å². The molecule has 5 heteroatoms. The van der Waals surface area contributed by atoms with Crippen molar-refractivity contribution in [2.24, 2.45) is 5.92 Å². The molecule has 2 aliphatic heterocycles. The van der Waals surface area contributed by atoms with Gasteiger partial charge in [-0.1, -0.05) is 26.0 Å². The Hall–Kier alpha value is -1.72. The van der Waals surface area contributed by atoms with E-state index in [4.69, 9.17) is 4.74 Å². The molecule has 0 radical (unpaired) electrons. The van der Waals surface area contributed by atoms with Gasteiger partial charge in [-0.05, 0) is 53.8 Å². The van der Waals surface area contributed by atoms with Crippen molar-refractivity contribution in [1.29, 1.82) is 0 Å². The predicted octanol–water partition coefficient (Wildman–Crippen LogP) is 4.53. The molecule has 0 aliphatic carbocycles. The number of hydrogen-bond acceptors (Lipinski definition) is 4. The number of amides is 1. The summed E-state index contributed by atoms with van der Waals surface area (Å²) in [5.41, 5.74) is 0.788. The number of carbonyl (C=O) groups excluding carboxylic acids is 1. The average Bonchev–Trinajstić information content (AvgIpc) is 2.74. The molecule has 2 aromatic carbocycles. The highest BCUT2D eigenvalue weighted by Gasteiger charge is 2.21. The number of fused-ring (bicyclic) bond motifs is 1. The first-order chi connectivity index (χ1) is 14.1. The second kappa shape index (κ2) is 9.40. The Balaban J connectivity index is 1.39. The third-order valence-corrected chi connectivity index (χ3v) is 6.76. The Morgan fingerprint density at radius 1 is 1.03 bits per heavy atom. The van der Waals surface area contributed by atoms with Crippen LogP contribution in [0.3, 0.4) is 0 Å². The molecule has 29 heavy (non-hydrogen) atoms. The van der Waals surface area contributed by atoms with E-state index in [9.17, 15) is 4.79 Å². The lowest BCUT2D eigenvalue weighted by Gasteiger charge is -2.33. The summed E-state index contributed by atoms with van der Waals surface area (Å²) in [6.07, 6.45) is 2.48. The summed E-state index contributed by atoms with van der Waals surface area (Å²) in [7, 11) is 0. The Morgan fingerprint density at radius 2 is 1.72 bits per heavy atom. The summed E-state index contributed by atoms with van der Waals surface area (Å²) in [5.74, 6) is 3.89. The van der Waals surface area contributed by atoms with E-state index in [1.165, 1.54) is 6.54 Å². The van der Waals surface area contributed by atoms with Crippen LogP contribution in [0.1, 0.15) is 37.0 Å². The van der Waals surface area contributed by atoms with Crippen LogP contribution in [0.4, 0.5) is 0 Å². The van der Waals surface area contributed by atoms with E-state index in [2.05, 4.69) is 43.0 Å². The van der Waals surface area contributed by atoms with E-state index in [0.717, 1.165) is 78.5 Å². The fourth-order valence-electron chi connectivity index (χ4n) is 4.30. The van der Waals surface area contributed by atoms with Crippen LogP contribution in [0, 0.1) is 5.92 Å². The number of benzene rings is 2. The molecule has 0 aromatic heterocycles. The fourth-order valence-corrected chi connectivity index (χ4v) is 5.20. The first-order valence-corrected chi connectivity index (χ1v) is 12.0. The van der Waals surface area contributed by atoms with Crippen LogP contribution in [-0.2, 0) is 0 Å². The molecule has 2 fully saturated rings. The Labute approximate surface area is 178 Å². The van der Waals surface area contributed by atoms with Gasteiger partial charge in [0.2, 0.25) is 0 Å². The van der Waals surface area contributed by atoms with Crippen molar-refractivity contribution in [2.45, 2.75) is 32.8 Å². The molecule has 2 aliphatic rings. The minimum Gasteiger partial charge on any atom is -0.490 e. The van der Waals surface area contributed by atoms with Crippen molar-refractivity contribution in [2.75, 3.05) is 44.2 Å². The molecule has 0 saturated carbocycles. The van der Waals surface area contributed by atoms with Crippen LogP contribution in [-0.4, -0.2) is 66.0 Å². The smallest absolute Gasteiger partial charge is 0.253 e. The lowest BCUT2D eigenvalue weighted by molar-refractivity contribution is 0.0772. The quantitative estimate of drug-likeness (QED) is 0.722. The van der Waals surface area contributed by atoms with E-state index < -0.39 is 0 Å². The minimum absolute atomic E-state index is 0.153. The highest BCUT2D eigenvalue weighted by Crippen LogP contribution is 2.26. The third kappa shape index (κ3) is 5.26. The summed E-state index contributed by atoms with van der Waals surface area (Å²) in [5, 5.41) is 2.23. The highest BCUT2D eigenvalue weighted by molar-refractivity contribution is 7.99. The van der Waals surface area contributed by atoms with Crippen LogP contribution >= 0.6 is 11.8 Å². The monoisotopic (exact) mass is 412 g/mol. The molecular weight excluding hydrogens is 380 g/mol. The van der Waals surface area contributed by atoms with E-state index in [-0.39, 0.29) is 5.91 Å². The fraction of sp³-hybridized carbons (Fsp3) is 0.542. The molecule has 4 rings (SSSR count). The largest absolute Gasteiger partial charge is 0.490 e. The van der Waals surface area contributed by atoms with E-state index in [0.29, 0.717) is 6.10 Å². The van der Waals surface area contributed by atoms with Gasteiger partial charge in [0.15, 0.2) is 0 Å². The Kier molecular flexibility index (Phi) is 6.66. The lowest BCUT2D eigenvalue weighted by atomic mass is 10.0. The molecule has 0 bridgehead atoms. The number of nitrogens with zero attached hydrogens (tertiary/aromatic N) is 2. The van der Waals surface area contributed by atoms with Crippen molar-refractivity contribution >= 4 is 28.4 Å². The summed E-state index contributed by atoms with van der Waals surface area (Å²) < 4.78 is 6.29. The Bertz CT molecular complexity index is 840. The van der Waals surface area contributed by atoms with Crippen molar-refractivity contribution < 1.29 is 9.53 Å². The number of piperidine rings is 1. The maximum absolute atomic E-state index is 12.8. The van der Waals surface area contributed by atoms with Gasteiger partial charge < -0.3 is 14.5 Å². The van der Waals surface area contributed by atoms with Gasteiger partial charge in [-0.25, -0.2) is 0 Å². The van der Waals surface area contributed by atoms with Crippen LogP contribution in [0.15, 0.2) is 36.4 Å². The molecule has 4 nitrogen and oxygen atoms in total. The predicted molar refractivity (Wildman–Crippen MR) is 122 cm³/mol. The highest BCUT2D eigenvalue weighted by atomic mass is 32.2. The third-order valence-electron chi connectivity index (χ3n) is 5.82. The zero-order valence-corrected chi connectivity index (χ0v) is 18.4. The van der Waals surface area contributed by atoms with Gasteiger partial charge in [0.05, 0.1) is 0 Å². The molecule has 0 spiro atoms. The minimum atomic E-state index is 0.153. The molecule has 2 aromatic rings. The standard InChI is InChI=1S/C24H32N2O2S/c1-18(2)17-25-9-7-22(8-10-25)28-23-6-5-19-15-21(4-3-20(19)16-23)24(27)26-11-13-29-14-12-26/h3-6,15-16,18,22H,7-14,17H2,1-2H3. The number of carbonyl (C=O) groups is 1. The summed E-state index contributed by atoms with van der Waals surface area (Å²) >= 11 is 1.92. The average molecular weight is 413 g/mol. The topological polar surface area (TPSA) is 32.8 Å². The maximum atomic E-state index is 12.8. The molecule has 1 amide bonds. The zero-order valence-electron chi connectivity index (χ0n) is 17.6. The molecule has 156 valence electrons. The van der Waals surface area contributed by atoms with Gasteiger partial charge in [-0.2, -0.15) is 11.8 Å². The van der Waals surface area contributed by atoms with Crippen molar-refractivity contribution in [3.8, 4) is 5.75 Å². The number of rotatable bonds is 5. The number of thioether (sulfide) groups is 1. The lowest BCUT2D eigenvalue weighted by Crippen LogP contribution is -2.39. The van der Waals surface area contributed by atoms with E-state index >= 15 is 0 Å². The number of ether oxygens (including phenoxy) is 1. The van der Waals surface area contributed by atoms with Crippen LogP contribution in [0.25, 0.3) is 10.8 Å². The summed E-state index contributed by atoms with van der Waals surface area (Å²) in [6.45, 7) is 9.69. The summed E-state index contributed by atoms with van der Waals surface area (Å²) in [4.78, 5) is 17.3. The molecule has 2 saturated heterocycles. The second-order valence-electron chi connectivity index (χ2n) is 8.64. The van der Waals surface area contributed by atoms with Crippen LogP contribution < -0.4 is 4.74 Å². The van der Waals surface area contributed by atoms with Gasteiger partial charge in [0, 0.05) is 49.8 Å². The number of likely N-dealkylation sites (tertiary alicyclic amines) is 1. The normalized spacial score (nSPS) is 19.1. The maximum Gasteiger partial charge on any atom is 0.253 e. The van der Waals surface area contributed by atoms with Crippen LogP contribution in [0.5, 0.6) is 5.75 Å². The molecule has 0 unspecified atom stereocenters. The summed E-state index contributed by atoms with van der Waals surface area (Å²) in [6, 6.07) is 12.3. The zero-order chi connectivity index (χ0) is 20.2. The van der Waals surface area contributed by atoms with Gasteiger partial charge >= 0.3 is 0 Å². The van der Waals surface area contributed by atoms with Crippen molar-refractivity contribution in [3.63, 3.8) is 0 Å². The second-order valence-corrected chi connectivity index (χ2v) is 9.86. The molecule has 0 atom stereocenters. The SMILES string of the molecule is CC(C)CN1CCC(Oc2ccc3cc(C(=O)N4CCSCC4)ccc3c2)CC1. The first-order valence-electron chi connectivity index (χ1n) is 10.9. The van der Waals surface area contributed by atoms with Gasteiger partial charge in [-0.3, -0.25) is 4.79 Å². The van der Waals surface area contributed by atoms with Crippen LogP contribution in [0.2, 0.25) is 0 Å². The Morgan fingerprint density at radius 3 is 2.45 bits per heavy atom. The molecular formula is C24H32N2O2S. The van der Waals surface area contributed by atoms with Crippen molar-refractivity contribution in [1.82, 2.24) is 9.80 Å². The number of hydrogen-bond donors (Lipinski definition) is 0. The molecule has 0 N–H and O–H groups in total. The first kappa shape index (κ1) is 20.5. The van der Waals surface area contributed by atoms with Gasteiger partial charge in [0.1, 0.15) is 11.9 Å². The molecule has 2 heterocycles. The van der Waals surface area contributed by atoms with Gasteiger partial charge in [0.25, 0.3) is 5.91 Å². The van der Waals surface area contributed by atoms with Gasteiger partial charge in [-0.15, -0.1) is 0 Å². The van der Waals surface area contributed by atoms with E-state index in [1.54, 1.807) is 0 Å².